The van der Waals surface area contributed by atoms with E-state index >= 15 is 0 Å². The molecule has 0 aliphatic rings. The van der Waals surface area contributed by atoms with Crippen molar-refractivity contribution < 1.29 is 23.8 Å². The first-order valence-electron chi connectivity index (χ1n) is 7.08. The molecule has 0 bridgehead atoms. The van der Waals surface area contributed by atoms with Gasteiger partial charge in [-0.2, -0.15) is 0 Å². The van der Waals surface area contributed by atoms with Gasteiger partial charge in [-0.15, -0.1) is 0 Å². The molecule has 0 saturated heterocycles. The van der Waals surface area contributed by atoms with E-state index in [4.69, 9.17) is 20.8 Å². The SMILES string of the molecule is COCC(C)(NC(=O)Cc1coc(-c2ccc(Cl)cc2)n1)C(=O)O. The summed E-state index contributed by atoms with van der Waals surface area (Å²) in [5, 5.41) is 12.2. The molecule has 1 atom stereocenters. The lowest BCUT2D eigenvalue weighted by molar-refractivity contribution is -0.149. The summed E-state index contributed by atoms with van der Waals surface area (Å²) in [4.78, 5) is 27.6. The lowest BCUT2D eigenvalue weighted by Crippen LogP contribution is -2.55. The number of benzene rings is 1. The van der Waals surface area contributed by atoms with Gasteiger partial charge < -0.3 is 19.6 Å². The number of aliphatic carboxylic acids is 1. The maximum absolute atomic E-state index is 12.1. The average molecular weight is 353 g/mol. The number of carboxylic acids is 1. The minimum Gasteiger partial charge on any atom is -0.479 e. The van der Waals surface area contributed by atoms with Crippen molar-refractivity contribution in [1.82, 2.24) is 10.3 Å². The van der Waals surface area contributed by atoms with Crippen LogP contribution in [0.25, 0.3) is 11.5 Å². The number of carboxylic acid groups (broad SMARTS) is 1. The van der Waals surface area contributed by atoms with E-state index in [-0.39, 0.29) is 13.0 Å². The first-order valence-corrected chi connectivity index (χ1v) is 7.45. The van der Waals surface area contributed by atoms with Crippen molar-refractivity contribution in [3.05, 3.63) is 41.2 Å². The Labute approximate surface area is 143 Å². The summed E-state index contributed by atoms with van der Waals surface area (Å²) >= 11 is 5.82. The number of halogens is 1. The van der Waals surface area contributed by atoms with Crippen LogP contribution in [0.4, 0.5) is 0 Å². The smallest absolute Gasteiger partial charge is 0.331 e. The number of oxazole rings is 1. The van der Waals surface area contributed by atoms with E-state index in [1.54, 1.807) is 24.3 Å². The highest BCUT2D eigenvalue weighted by Crippen LogP contribution is 2.21. The highest BCUT2D eigenvalue weighted by molar-refractivity contribution is 6.30. The second-order valence-corrected chi connectivity index (χ2v) is 5.88. The maximum Gasteiger partial charge on any atom is 0.331 e. The van der Waals surface area contributed by atoms with E-state index in [0.29, 0.717) is 16.6 Å². The molecule has 7 nitrogen and oxygen atoms in total. The zero-order valence-corrected chi connectivity index (χ0v) is 14.0. The fourth-order valence-corrected chi connectivity index (χ4v) is 2.20. The van der Waals surface area contributed by atoms with Crippen LogP contribution in [-0.2, 0) is 20.7 Å². The maximum atomic E-state index is 12.1. The molecule has 1 heterocycles. The molecule has 0 fully saturated rings. The Hall–Kier alpha value is -2.38. The number of carbonyl (C=O) groups excluding carboxylic acids is 1. The Balaban J connectivity index is 2.05. The lowest BCUT2D eigenvalue weighted by Gasteiger charge is -2.25. The van der Waals surface area contributed by atoms with Gasteiger partial charge >= 0.3 is 5.97 Å². The van der Waals surface area contributed by atoms with E-state index in [0.717, 1.165) is 5.56 Å². The molecule has 0 saturated carbocycles. The second kappa shape index (κ2) is 7.46. The molecule has 8 heteroatoms. The van der Waals surface area contributed by atoms with Crippen LogP contribution < -0.4 is 5.32 Å². The molecule has 2 N–H and O–H groups in total. The van der Waals surface area contributed by atoms with Gasteiger partial charge in [-0.05, 0) is 31.2 Å². The molecule has 0 aliphatic heterocycles. The van der Waals surface area contributed by atoms with Crippen LogP contribution in [0, 0.1) is 0 Å². The van der Waals surface area contributed by atoms with Gasteiger partial charge in [0.2, 0.25) is 11.8 Å². The third-order valence-electron chi connectivity index (χ3n) is 3.30. The molecule has 0 radical (unpaired) electrons. The summed E-state index contributed by atoms with van der Waals surface area (Å²) in [5.41, 5.74) is -0.391. The quantitative estimate of drug-likeness (QED) is 0.791. The zero-order chi connectivity index (χ0) is 17.7. The van der Waals surface area contributed by atoms with Crippen molar-refractivity contribution in [2.75, 3.05) is 13.7 Å². The first-order chi connectivity index (χ1) is 11.3. The van der Waals surface area contributed by atoms with Crippen molar-refractivity contribution in [2.45, 2.75) is 18.9 Å². The summed E-state index contributed by atoms with van der Waals surface area (Å²) in [6.07, 6.45) is 1.25. The van der Waals surface area contributed by atoms with Crippen LogP contribution in [0.1, 0.15) is 12.6 Å². The van der Waals surface area contributed by atoms with Crippen LogP contribution >= 0.6 is 11.6 Å². The minimum absolute atomic E-state index is 0.107. The summed E-state index contributed by atoms with van der Waals surface area (Å²) in [6.45, 7) is 1.22. The minimum atomic E-state index is -1.51. The molecule has 0 aliphatic carbocycles. The average Bonchev–Trinajstić information content (AvgIpc) is 2.96. The number of amides is 1. The Morgan fingerprint density at radius 1 is 1.38 bits per heavy atom. The van der Waals surface area contributed by atoms with E-state index < -0.39 is 17.4 Å². The number of nitrogens with zero attached hydrogens (tertiary/aromatic N) is 1. The highest BCUT2D eigenvalue weighted by atomic mass is 35.5. The monoisotopic (exact) mass is 352 g/mol. The molecule has 1 amide bonds. The molecule has 2 aromatic rings. The number of carbonyl (C=O) groups is 2. The number of hydrogen-bond donors (Lipinski definition) is 2. The van der Waals surface area contributed by atoms with E-state index in [1.165, 1.54) is 20.3 Å². The van der Waals surface area contributed by atoms with Crippen molar-refractivity contribution in [3.63, 3.8) is 0 Å². The van der Waals surface area contributed by atoms with Crippen LogP contribution in [0.5, 0.6) is 0 Å². The van der Waals surface area contributed by atoms with Crippen molar-refractivity contribution in [2.24, 2.45) is 0 Å². The normalized spacial score (nSPS) is 13.3. The van der Waals surface area contributed by atoms with Gasteiger partial charge in [0, 0.05) is 17.7 Å². The Morgan fingerprint density at radius 3 is 2.62 bits per heavy atom. The predicted octanol–water partition coefficient (Wildman–Crippen LogP) is 2.14. The third-order valence-corrected chi connectivity index (χ3v) is 3.56. The van der Waals surface area contributed by atoms with E-state index in [9.17, 15) is 14.7 Å². The molecule has 1 unspecified atom stereocenters. The number of hydrogen-bond acceptors (Lipinski definition) is 5. The molecule has 2 rings (SSSR count). The van der Waals surface area contributed by atoms with Crippen molar-refractivity contribution >= 4 is 23.5 Å². The van der Waals surface area contributed by atoms with Gasteiger partial charge in [-0.25, -0.2) is 9.78 Å². The van der Waals surface area contributed by atoms with E-state index in [1.807, 2.05) is 0 Å². The predicted molar refractivity (Wildman–Crippen MR) is 86.7 cm³/mol. The number of rotatable bonds is 7. The number of aromatic nitrogens is 1. The first kappa shape index (κ1) is 18.0. The third kappa shape index (κ3) is 4.33. The Morgan fingerprint density at radius 2 is 2.04 bits per heavy atom. The van der Waals surface area contributed by atoms with Gasteiger partial charge in [0.1, 0.15) is 6.26 Å². The number of nitrogens with one attached hydrogen (secondary N) is 1. The Bertz CT molecular complexity index is 728. The van der Waals surface area contributed by atoms with Crippen molar-refractivity contribution in [1.29, 1.82) is 0 Å². The topological polar surface area (TPSA) is 102 Å². The van der Waals surface area contributed by atoms with Gasteiger partial charge in [0.15, 0.2) is 5.54 Å². The summed E-state index contributed by atoms with van der Waals surface area (Å²) in [7, 11) is 1.36. The molecule has 24 heavy (non-hydrogen) atoms. The fraction of sp³-hybridized carbons (Fsp3) is 0.312. The number of methoxy groups -OCH3 is 1. The van der Waals surface area contributed by atoms with Crippen molar-refractivity contribution in [3.8, 4) is 11.5 Å². The van der Waals surface area contributed by atoms with Gasteiger partial charge in [0.05, 0.1) is 18.7 Å². The van der Waals surface area contributed by atoms with Gasteiger partial charge in [-0.3, -0.25) is 4.79 Å². The molecule has 0 spiro atoms. The molecule has 1 aromatic heterocycles. The zero-order valence-electron chi connectivity index (χ0n) is 13.2. The Kier molecular flexibility index (Phi) is 5.58. The summed E-state index contributed by atoms with van der Waals surface area (Å²) in [6, 6.07) is 6.91. The molecular weight excluding hydrogens is 336 g/mol. The lowest BCUT2D eigenvalue weighted by atomic mass is 10.0. The summed E-state index contributed by atoms with van der Waals surface area (Å²) in [5.74, 6) is -1.32. The summed E-state index contributed by atoms with van der Waals surface area (Å²) < 4.78 is 10.2. The molecule has 1 aromatic carbocycles. The largest absolute Gasteiger partial charge is 0.479 e. The van der Waals surface area contributed by atoms with Gasteiger partial charge in [-0.1, -0.05) is 11.6 Å². The van der Waals surface area contributed by atoms with Crippen LogP contribution in [0.3, 0.4) is 0 Å². The van der Waals surface area contributed by atoms with E-state index in [2.05, 4.69) is 10.3 Å². The fourth-order valence-electron chi connectivity index (χ4n) is 2.07. The highest BCUT2D eigenvalue weighted by Gasteiger charge is 2.35. The van der Waals surface area contributed by atoms with Crippen LogP contribution in [0.2, 0.25) is 5.02 Å². The van der Waals surface area contributed by atoms with Gasteiger partial charge in [0.25, 0.3) is 0 Å². The molecular formula is C16H17ClN2O5. The van der Waals surface area contributed by atoms with Crippen LogP contribution in [0.15, 0.2) is 34.9 Å². The number of ether oxygens (including phenoxy) is 1. The standard InChI is InChI=1S/C16H17ClN2O5/c1-16(9-23-2,15(21)22)19-13(20)7-12-8-24-14(18-12)10-3-5-11(17)6-4-10/h3-6,8H,7,9H2,1-2H3,(H,19,20)(H,21,22). The molecule has 128 valence electrons. The second-order valence-electron chi connectivity index (χ2n) is 5.45. The van der Waals surface area contributed by atoms with Crippen LogP contribution in [-0.4, -0.2) is 41.2 Å².